The number of hydrogen-bond acceptors (Lipinski definition) is 4. The van der Waals surface area contributed by atoms with Crippen molar-refractivity contribution in [2.45, 2.75) is 30.8 Å². The Morgan fingerprint density at radius 1 is 1.52 bits per heavy atom. The number of aliphatic hydroxyl groups excluding tert-OH is 1. The van der Waals surface area contributed by atoms with Gasteiger partial charge in [-0.25, -0.2) is 8.42 Å². The molecule has 7 heteroatoms. The molecule has 0 radical (unpaired) electrons. The highest BCUT2D eigenvalue weighted by Gasteiger charge is 2.33. The standard InChI is InChI=1S/C14H17ClN2O3S/c1-10(18)11-4-3-7-17(9-11)21(19,20)14-6-2-5-13(15)12(14)8-16/h2,5-6,10-11,18H,3-4,7,9H2,1H3. The van der Waals surface area contributed by atoms with Gasteiger partial charge in [-0.1, -0.05) is 17.7 Å². The van der Waals surface area contributed by atoms with Crippen molar-refractivity contribution in [3.63, 3.8) is 0 Å². The van der Waals surface area contributed by atoms with Crippen LogP contribution in [0.2, 0.25) is 5.02 Å². The molecule has 0 bridgehead atoms. The zero-order valence-electron chi connectivity index (χ0n) is 11.7. The number of nitrogens with zero attached hydrogens (tertiary/aromatic N) is 2. The number of aliphatic hydroxyl groups is 1. The first-order valence-electron chi connectivity index (χ1n) is 6.74. The summed E-state index contributed by atoms with van der Waals surface area (Å²) in [7, 11) is -3.78. The van der Waals surface area contributed by atoms with Gasteiger partial charge >= 0.3 is 0 Å². The molecular weight excluding hydrogens is 312 g/mol. The van der Waals surface area contributed by atoms with Gasteiger partial charge in [0.05, 0.1) is 16.7 Å². The van der Waals surface area contributed by atoms with E-state index in [0.29, 0.717) is 13.0 Å². The minimum absolute atomic E-state index is 0.0293. The van der Waals surface area contributed by atoms with Crippen molar-refractivity contribution in [2.24, 2.45) is 5.92 Å². The van der Waals surface area contributed by atoms with Gasteiger partial charge in [0.2, 0.25) is 10.0 Å². The molecular formula is C14H17ClN2O3S. The number of nitriles is 1. The molecule has 1 heterocycles. The minimum Gasteiger partial charge on any atom is -0.393 e. The number of sulfonamides is 1. The molecule has 2 rings (SSSR count). The second-order valence-electron chi connectivity index (χ2n) is 5.23. The first kappa shape index (κ1) is 16.2. The van der Waals surface area contributed by atoms with Crippen LogP contribution in [0.1, 0.15) is 25.3 Å². The van der Waals surface area contributed by atoms with E-state index in [9.17, 15) is 13.5 Å². The van der Waals surface area contributed by atoms with Crippen molar-refractivity contribution in [3.05, 3.63) is 28.8 Å². The van der Waals surface area contributed by atoms with Crippen LogP contribution < -0.4 is 0 Å². The Morgan fingerprint density at radius 3 is 2.86 bits per heavy atom. The summed E-state index contributed by atoms with van der Waals surface area (Å²) in [5.41, 5.74) is -0.0293. The largest absolute Gasteiger partial charge is 0.393 e. The molecule has 1 aromatic rings. The van der Waals surface area contributed by atoms with Gasteiger partial charge in [-0.05, 0) is 37.8 Å². The van der Waals surface area contributed by atoms with Gasteiger partial charge in [-0.15, -0.1) is 0 Å². The van der Waals surface area contributed by atoms with Gasteiger partial charge in [-0.3, -0.25) is 0 Å². The molecule has 0 aromatic heterocycles. The molecule has 1 N–H and O–H groups in total. The normalized spacial score (nSPS) is 21.7. The second kappa shape index (κ2) is 6.32. The molecule has 2 unspecified atom stereocenters. The molecule has 0 amide bonds. The molecule has 114 valence electrons. The highest BCUT2D eigenvalue weighted by atomic mass is 35.5. The fraction of sp³-hybridized carbons (Fsp3) is 0.500. The molecule has 0 aliphatic carbocycles. The predicted molar refractivity (Wildman–Crippen MR) is 79.3 cm³/mol. The van der Waals surface area contributed by atoms with E-state index < -0.39 is 16.1 Å². The number of hydrogen-bond donors (Lipinski definition) is 1. The van der Waals surface area contributed by atoms with E-state index in [0.717, 1.165) is 6.42 Å². The van der Waals surface area contributed by atoms with Crippen LogP contribution in [0.3, 0.4) is 0 Å². The zero-order valence-corrected chi connectivity index (χ0v) is 13.2. The lowest BCUT2D eigenvalue weighted by Gasteiger charge is -2.33. The molecule has 1 fully saturated rings. The third-order valence-corrected chi connectivity index (χ3v) is 6.03. The van der Waals surface area contributed by atoms with Crippen LogP contribution in [0.4, 0.5) is 0 Å². The van der Waals surface area contributed by atoms with Crippen molar-refractivity contribution in [2.75, 3.05) is 13.1 Å². The molecule has 5 nitrogen and oxygen atoms in total. The summed E-state index contributed by atoms with van der Waals surface area (Å²) >= 11 is 5.91. The number of halogens is 1. The maximum absolute atomic E-state index is 12.7. The lowest BCUT2D eigenvalue weighted by molar-refractivity contribution is 0.0885. The zero-order chi connectivity index (χ0) is 15.6. The number of piperidine rings is 1. The van der Waals surface area contributed by atoms with E-state index in [1.54, 1.807) is 6.92 Å². The first-order valence-corrected chi connectivity index (χ1v) is 8.56. The summed E-state index contributed by atoms with van der Waals surface area (Å²) < 4.78 is 26.8. The van der Waals surface area contributed by atoms with Crippen LogP contribution in [0.15, 0.2) is 23.1 Å². The van der Waals surface area contributed by atoms with Crippen LogP contribution in [0.5, 0.6) is 0 Å². The Labute approximate surface area is 129 Å². The Bertz CT molecular complexity index is 667. The van der Waals surface area contributed by atoms with Gasteiger partial charge in [0, 0.05) is 13.1 Å². The fourth-order valence-corrected chi connectivity index (χ4v) is 4.53. The van der Waals surface area contributed by atoms with Gasteiger partial charge < -0.3 is 5.11 Å². The smallest absolute Gasteiger partial charge is 0.244 e. The van der Waals surface area contributed by atoms with Gasteiger partial charge in [0.25, 0.3) is 0 Å². The lowest BCUT2D eigenvalue weighted by atomic mass is 9.95. The van der Waals surface area contributed by atoms with Crippen molar-refractivity contribution >= 4 is 21.6 Å². The van der Waals surface area contributed by atoms with E-state index in [4.69, 9.17) is 16.9 Å². The Hall–Kier alpha value is -1.13. The van der Waals surface area contributed by atoms with E-state index in [1.165, 1.54) is 22.5 Å². The number of rotatable bonds is 3. The molecule has 1 saturated heterocycles. The van der Waals surface area contributed by atoms with Gasteiger partial charge in [0.15, 0.2) is 0 Å². The Morgan fingerprint density at radius 2 is 2.24 bits per heavy atom. The second-order valence-corrected chi connectivity index (χ2v) is 7.54. The average Bonchev–Trinajstić information content (AvgIpc) is 2.47. The van der Waals surface area contributed by atoms with Gasteiger partial charge in [-0.2, -0.15) is 9.57 Å². The minimum atomic E-state index is -3.78. The molecule has 1 aliphatic rings. The predicted octanol–water partition coefficient (Wildman–Crippen LogP) is 1.99. The summed E-state index contributed by atoms with van der Waals surface area (Å²) in [6.45, 7) is 2.32. The third kappa shape index (κ3) is 3.22. The molecule has 1 aliphatic heterocycles. The van der Waals surface area contributed by atoms with Crippen LogP contribution in [0, 0.1) is 17.2 Å². The molecule has 0 spiro atoms. The summed E-state index contributed by atoms with van der Waals surface area (Å²) in [6, 6.07) is 6.26. The summed E-state index contributed by atoms with van der Waals surface area (Å²) in [6.07, 6.45) is 0.930. The van der Waals surface area contributed by atoms with Crippen molar-refractivity contribution in [3.8, 4) is 6.07 Å². The van der Waals surface area contributed by atoms with Crippen LogP contribution >= 0.6 is 11.6 Å². The Balaban J connectivity index is 2.39. The molecule has 0 saturated carbocycles. The SMILES string of the molecule is CC(O)C1CCCN(S(=O)(=O)c2cccc(Cl)c2C#N)C1. The van der Waals surface area contributed by atoms with Crippen LogP contribution in [-0.4, -0.2) is 37.0 Å². The van der Waals surface area contributed by atoms with Crippen molar-refractivity contribution in [1.29, 1.82) is 5.26 Å². The maximum Gasteiger partial charge on any atom is 0.244 e. The molecule has 21 heavy (non-hydrogen) atoms. The first-order chi connectivity index (χ1) is 9.87. The molecule has 1 aromatic carbocycles. The van der Waals surface area contributed by atoms with Crippen molar-refractivity contribution in [1.82, 2.24) is 4.31 Å². The highest BCUT2D eigenvalue weighted by Crippen LogP contribution is 2.29. The monoisotopic (exact) mass is 328 g/mol. The number of benzene rings is 1. The van der Waals surface area contributed by atoms with E-state index in [2.05, 4.69) is 0 Å². The van der Waals surface area contributed by atoms with E-state index in [-0.39, 0.29) is 27.9 Å². The third-order valence-electron chi connectivity index (χ3n) is 3.81. The summed E-state index contributed by atoms with van der Waals surface area (Å²) in [5, 5.41) is 19.0. The van der Waals surface area contributed by atoms with Crippen LogP contribution in [-0.2, 0) is 10.0 Å². The maximum atomic E-state index is 12.7. The average molecular weight is 329 g/mol. The molecule has 2 atom stereocenters. The van der Waals surface area contributed by atoms with E-state index in [1.807, 2.05) is 6.07 Å². The topological polar surface area (TPSA) is 81.4 Å². The van der Waals surface area contributed by atoms with Gasteiger partial charge in [0.1, 0.15) is 11.0 Å². The highest BCUT2D eigenvalue weighted by molar-refractivity contribution is 7.89. The Kier molecular flexibility index (Phi) is 4.89. The summed E-state index contributed by atoms with van der Waals surface area (Å²) in [5.74, 6) is -0.0850. The fourth-order valence-electron chi connectivity index (χ4n) is 2.55. The summed E-state index contributed by atoms with van der Waals surface area (Å²) in [4.78, 5) is -0.0660. The van der Waals surface area contributed by atoms with Crippen molar-refractivity contribution < 1.29 is 13.5 Å². The van der Waals surface area contributed by atoms with E-state index >= 15 is 0 Å². The quantitative estimate of drug-likeness (QED) is 0.920. The van der Waals surface area contributed by atoms with Crippen LogP contribution in [0.25, 0.3) is 0 Å². The lowest BCUT2D eigenvalue weighted by Crippen LogP contribution is -2.43.